The molecule has 0 amide bonds. The van der Waals surface area contributed by atoms with Crippen molar-refractivity contribution in [2.24, 2.45) is 0 Å². The standard InChI is InChI=1S/C22H32O3/c1-2-3-4-5-6-7-8-9-10-11-12-13-15-18-21(23)19-16-14-17-20-22(24)25/h3-4,6-7,9-10,12-16,18,21,23H,2,5,8,11,17,19-20H2,1H3,(H,24,25)/b4-3-,7-6-,10-9-,13-12-,16-14-,18-15+. The molecule has 1 atom stereocenters. The van der Waals surface area contributed by atoms with Crippen LogP contribution in [0.5, 0.6) is 0 Å². The molecule has 0 radical (unpaired) electrons. The lowest BCUT2D eigenvalue weighted by Crippen LogP contribution is -1.99. The molecule has 25 heavy (non-hydrogen) atoms. The maximum atomic E-state index is 10.3. The second-order valence-electron chi connectivity index (χ2n) is 5.55. The zero-order valence-corrected chi connectivity index (χ0v) is 15.3. The van der Waals surface area contributed by atoms with Crippen molar-refractivity contribution in [1.29, 1.82) is 0 Å². The zero-order chi connectivity index (χ0) is 18.6. The van der Waals surface area contributed by atoms with Crippen molar-refractivity contribution in [3.05, 3.63) is 72.9 Å². The predicted molar refractivity (Wildman–Crippen MR) is 106 cm³/mol. The van der Waals surface area contributed by atoms with Gasteiger partial charge in [0.2, 0.25) is 0 Å². The quantitative estimate of drug-likeness (QED) is 0.322. The maximum absolute atomic E-state index is 10.3. The highest BCUT2D eigenvalue weighted by Gasteiger charge is 1.95. The van der Waals surface area contributed by atoms with Gasteiger partial charge >= 0.3 is 5.97 Å². The predicted octanol–water partition coefficient (Wildman–Crippen LogP) is 5.52. The summed E-state index contributed by atoms with van der Waals surface area (Å²) in [6.45, 7) is 2.13. The molecule has 0 spiro atoms. The Labute approximate surface area is 152 Å². The zero-order valence-electron chi connectivity index (χ0n) is 15.3. The van der Waals surface area contributed by atoms with Gasteiger partial charge in [-0.3, -0.25) is 4.79 Å². The number of rotatable bonds is 14. The lowest BCUT2D eigenvalue weighted by molar-refractivity contribution is -0.136. The van der Waals surface area contributed by atoms with E-state index >= 15 is 0 Å². The molecule has 0 aromatic carbocycles. The molecule has 0 aromatic rings. The summed E-state index contributed by atoms with van der Waals surface area (Å²) in [7, 11) is 0. The Morgan fingerprint density at radius 3 is 2.04 bits per heavy atom. The minimum absolute atomic E-state index is 0.129. The number of hydrogen-bond acceptors (Lipinski definition) is 2. The van der Waals surface area contributed by atoms with Gasteiger partial charge < -0.3 is 10.2 Å². The van der Waals surface area contributed by atoms with Gasteiger partial charge in [0.15, 0.2) is 0 Å². The summed E-state index contributed by atoms with van der Waals surface area (Å²) < 4.78 is 0. The molecule has 0 fully saturated rings. The van der Waals surface area contributed by atoms with Crippen LogP contribution in [0, 0.1) is 0 Å². The Hall–Kier alpha value is -2.13. The van der Waals surface area contributed by atoms with Crippen molar-refractivity contribution < 1.29 is 15.0 Å². The minimum Gasteiger partial charge on any atom is -0.481 e. The Morgan fingerprint density at radius 2 is 1.44 bits per heavy atom. The third kappa shape index (κ3) is 19.8. The van der Waals surface area contributed by atoms with E-state index in [1.807, 2.05) is 24.3 Å². The highest BCUT2D eigenvalue weighted by atomic mass is 16.4. The molecular formula is C22H32O3. The van der Waals surface area contributed by atoms with E-state index in [2.05, 4.69) is 43.4 Å². The van der Waals surface area contributed by atoms with Crippen molar-refractivity contribution in [2.45, 2.75) is 58.0 Å². The summed E-state index contributed by atoms with van der Waals surface area (Å²) in [4.78, 5) is 10.3. The number of carboxylic acids is 1. The number of aliphatic hydroxyl groups is 1. The van der Waals surface area contributed by atoms with Crippen molar-refractivity contribution in [3.63, 3.8) is 0 Å². The number of aliphatic hydroxyl groups excluding tert-OH is 1. The maximum Gasteiger partial charge on any atom is 0.303 e. The Kier molecular flexibility index (Phi) is 16.7. The average Bonchev–Trinajstić information content (AvgIpc) is 2.58. The number of allylic oxidation sites excluding steroid dienone is 10. The molecule has 0 aliphatic carbocycles. The summed E-state index contributed by atoms with van der Waals surface area (Å²) in [6, 6.07) is 0. The van der Waals surface area contributed by atoms with E-state index in [1.165, 1.54) is 0 Å². The van der Waals surface area contributed by atoms with Crippen molar-refractivity contribution in [2.75, 3.05) is 0 Å². The topological polar surface area (TPSA) is 57.5 Å². The molecule has 0 saturated carbocycles. The van der Waals surface area contributed by atoms with Crippen LogP contribution < -0.4 is 0 Å². The molecule has 138 valence electrons. The van der Waals surface area contributed by atoms with E-state index in [-0.39, 0.29) is 6.42 Å². The fourth-order valence-corrected chi connectivity index (χ4v) is 1.87. The molecule has 3 heteroatoms. The minimum atomic E-state index is -0.801. The second kappa shape index (κ2) is 18.2. The molecule has 0 heterocycles. The van der Waals surface area contributed by atoms with E-state index in [0.717, 1.165) is 25.7 Å². The molecule has 0 aliphatic heterocycles. The summed E-state index contributed by atoms with van der Waals surface area (Å²) in [5.74, 6) is -0.801. The molecule has 0 aliphatic rings. The van der Waals surface area contributed by atoms with Gasteiger partial charge in [-0.05, 0) is 38.5 Å². The van der Waals surface area contributed by atoms with E-state index in [9.17, 15) is 9.90 Å². The van der Waals surface area contributed by atoms with E-state index < -0.39 is 12.1 Å². The fraction of sp³-hybridized carbons (Fsp3) is 0.409. The van der Waals surface area contributed by atoms with Crippen LogP contribution in [0.25, 0.3) is 0 Å². The van der Waals surface area contributed by atoms with Gasteiger partial charge in [0.25, 0.3) is 0 Å². The molecule has 0 rings (SSSR count). The number of carbonyl (C=O) groups is 1. The third-order valence-corrected chi connectivity index (χ3v) is 3.20. The summed E-state index contributed by atoms with van der Waals surface area (Å²) >= 11 is 0. The van der Waals surface area contributed by atoms with Gasteiger partial charge in [-0.2, -0.15) is 0 Å². The van der Waals surface area contributed by atoms with E-state index in [0.29, 0.717) is 12.8 Å². The molecule has 2 N–H and O–H groups in total. The molecule has 0 aromatic heterocycles. The smallest absolute Gasteiger partial charge is 0.303 e. The lowest BCUT2D eigenvalue weighted by Gasteiger charge is -1.98. The largest absolute Gasteiger partial charge is 0.481 e. The number of carboxylic acid groups (broad SMARTS) is 1. The Morgan fingerprint density at radius 1 is 0.840 bits per heavy atom. The molecular weight excluding hydrogens is 312 g/mol. The van der Waals surface area contributed by atoms with Crippen LogP contribution in [0.4, 0.5) is 0 Å². The monoisotopic (exact) mass is 344 g/mol. The number of aliphatic carboxylic acids is 1. The first-order valence-electron chi connectivity index (χ1n) is 9.00. The molecule has 0 saturated heterocycles. The van der Waals surface area contributed by atoms with Crippen molar-refractivity contribution in [3.8, 4) is 0 Å². The van der Waals surface area contributed by atoms with Crippen LogP contribution >= 0.6 is 0 Å². The Balaban J connectivity index is 3.71. The van der Waals surface area contributed by atoms with Gasteiger partial charge in [0.05, 0.1) is 6.10 Å². The van der Waals surface area contributed by atoms with Crippen LogP contribution in [-0.4, -0.2) is 22.3 Å². The first-order valence-corrected chi connectivity index (χ1v) is 9.00. The molecule has 0 bridgehead atoms. The third-order valence-electron chi connectivity index (χ3n) is 3.20. The molecule has 3 nitrogen and oxygen atoms in total. The van der Waals surface area contributed by atoms with Crippen molar-refractivity contribution >= 4 is 5.97 Å². The summed E-state index contributed by atoms with van der Waals surface area (Å²) in [6.07, 6.45) is 28.6. The van der Waals surface area contributed by atoms with Gasteiger partial charge in [0, 0.05) is 6.42 Å². The van der Waals surface area contributed by atoms with Crippen LogP contribution in [0.2, 0.25) is 0 Å². The van der Waals surface area contributed by atoms with Crippen LogP contribution in [-0.2, 0) is 4.79 Å². The lowest BCUT2D eigenvalue weighted by atomic mass is 10.2. The Bertz CT molecular complexity index is 493. The van der Waals surface area contributed by atoms with E-state index in [1.54, 1.807) is 12.2 Å². The highest BCUT2D eigenvalue weighted by molar-refractivity contribution is 5.66. The fourth-order valence-electron chi connectivity index (χ4n) is 1.87. The highest BCUT2D eigenvalue weighted by Crippen LogP contribution is 1.99. The summed E-state index contributed by atoms with van der Waals surface area (Å²) in [5.41, 5.74) is 0. The van der Waals surface area contributed by atoms with Gasteiger partial charge in [0.1, 0.15) is 0 Å². The van der Waals surface area contributed by atoms with Crippen LogP contribution in [0.3, 0.4) is 0 Å². The van der Waals surface area contributed by atoms with Crippen LogP contribution in [0.15, 0.2) is 72.9 Å². The first-order chi connectivity index (χ1) is 12.2. The average molecular weight is 344 g/mol. The normalized spacial score (nSPS) is 14.3. The SMILES string of the molecule is CC/C=C\C/C=C\C/C=C\C/C=C\C=C\C(O)C/C=C\CCC(=O)O. The first kappa shape index (κ1) is 22.9. The van der Waals surface area contributed by atoms with E-state index in [4.69, 9.17) is 5.11 Å². The summed E-state index contributed by atoms with van der Waals surface area (Å²) in [5, 5.41) is 18.2. The second-order valence-corrected chi connectivity index (χ2v) is 5.55. The molecule has 1 unspecified atom stereocenters. The van der Waals surface area contributed by atoms with Crippen molar-refractivity contribution in [1.82, 2.24) is 0 Å². The van der Waals surface area contributed by atoms with Gasteiger partial charge in [-0.1, -0.05) is 79.8 Å². The number of hydrogen-bond donors (Lipinski definition) is 2. The van der Waals surface area contributed by atoms with Crippen LogP contribution in [0.1, 0.15) is 51.9 Å². The van der Waals surface area contributed by atoms with Gasteiger partial charge in [-0.15, -0.1) is 0 Å². The van der Waals surface area contributed by atoms with Gasteiger partial charge in [-0.25, -0.2) is 0 Å².